The molecule has 1 aromatic rings. The number of nitrogens with zero attached hydrogens (tertiary/aromatic N) is 3. The van der Waals surface area contributed by atoms with Gasteiger partial charge in [-0.2, -0.15) is 5.10 Å². The first-order valence-electron chi connectivity index (χ1n) is 8.48. The molecule has 3 rings (SSSR count). The van der Waals surface area contributed by atoms with E-state index in [-0.39, 0.29) is 12.0 Å². The SMILES string of the molecule is Cc1cc(NC(=O)[C@@H]2CC[C@H](CN)O2)n(C2CCN(C)CC2)n1. The van der Waals surface area contributed by atoms with Crippen molar-refractivity contribution in [3.63, 3.8) is 0 Å². The summed E-state index contributed by atoms with van der Waals surface area (Å²) < 4.78 is 7.66. The fraction of sp³-hybridized carbons (Fsp3) is 0.750. The van der Waals surface area contributed by atoms with Crippen LogP contribution in [0.4, 0.5) is 5.82 Å². The second-order valence-electron chi connectivity index (χ2n) is 6.70. The van der Waals surface area contributed by atoms with Crippen LogP contribution in [0.3, 0.4) is 0 Å². The normalized spacial score (nSPS) is 26.6. The van der Waals surface area contributed by atoms with Gasteiger partial charge >= 0.3 is 0 Å². The zero-order valence-electron chi connectivity index (χ0n) is 14.0. The molecule has 2 saturated heterocycles. The summed E-state index contributed by atoms with van der Waals surface area (Å²) in [4.78, 5) is 14.8. The molecule has 0 radical (unpaired) electrons. The first-order chi connectivity index (χ1) is 11.1. The number of hydrogen-bond donors (Lipinski definition) is 2. The predicted octanol–water partition coefficient (Wildman–Crippen LogP) is 0.903. The second kappa shape index (κ2) is 6.98. The molecule has 1 amide bonds. The molecule has 0 unspecified atom stereocenters. The minimum absolute atomic E-state index is 0.00581. The van der Waals surface area contributed by atoms with Crippen LogP contribution in [0.5, 0.6) is 0 Å². The van der Waals surface area contributed by atoms with Gasteiger partial charge in [-0.25, -0.2) is 4.68 Å². The van der Waals surface area contributed by atoms with Crippen molar-refractivity contribution in [1.29, 1.82) is 0 Å². The van der Waals surface area contributed by atoms with Crippen molar-refractivity contribution in [3.05, 3.63) is 11.8 Å². The maximum Gasteiger partial charge on any atom is 0.254 e. The summed E-state index contributed by atoms with van der Waals surface area (Å²) in [5, 5.41) is 7.60. The Labute approximate surface area is 137 Å². The maximum absolute atomic E-state index is 12.4. The number of rotatable bonds is 4. The number of carbonyl (C=O) groups is 1. The van der Waals surface area contributed by atoms with E-state index < -0.39 is 6.10 Å². The van der Waals surface area contributed by atoms with Crippen LogP contribution in [-0.4, -0.2) is 59.5 Å². The lowest BCUT2D eigenvalue weighted by Gasteiger charge is -2.30. The van der Waals surface area contributed by atoms with E-state index in [0.717, 1.165) is 50.3 Å². The topological polar surface area (TPSA) is 85.4 Å². The molecular weight excluding hydrogens is 294 g/mol. The van der Waals surface area contributed by atoms with Crippen molar-refractivity contribution in [2.24, 2.45) is 5.73 Å². The Balaban J connectivity index is 1.67. The monoisotopic (exact) mass is 321 g/mol. The van der Waals surface area contributed by atoms with Crippen LogP contribution in [0.25, 0.3) is 0 Å². The lowest BCUT2D eigenvalue weighted by molar-refractivity contribution is -0.126. The van der Waals surface area contributed by atoms with Crippen molar-refractivity contribution >= 4 is 11.7 Å². The zero-order chi connectivity index (χ0) is 16.4. The quantitative estimate of drug-likeness (QED) is 0.861. The second-order valence-corrected chi connectivity index (χ2v) is 6.70. The Morgan fingerprint density at radius 3 is 2.78 bits per heavy atom. The van der Waals surface area contributed by atoms with Gasteiger partial charge in [0.1, 0.15) is 11.9 Å². The van der Waals surface area contributed by atoms with Gasteiger partial charge in [-0.15, -0.1) is 0 Å². The number of piperidine rings is 1. The zero-order valence-corrected chi connectivity index (χ0v) is 14.0. The average molecular weight is 321 g/mol. The number of aromatic nitrogens is 2. The van der Waals surface area contributed by atoms with E-state index in [1.165, 1.54) is 0 Å². The Kier molecular flexibility index (Phi) is 4.99. The van der Waals surface area contributed by atoms with Crippen molar-refractivity contribution < 1.29 is 9.53 Å². The summed E-state index contributed by atoms with van der Waals surface area (Å²) in [6.45, 7) is 4.54. The van der Waals surface area contributed by atoms with Gasteiger partial charge in [-0.3, -0.25) is 4.79 Å². The standard InChI is InChI=1S/C16H27N5O2/c1-11-9-15(18-16(22)14-4-3-13(10-17)23-14)21(19-11)12-5-7-20(2)8-6-12/h9,12-14H,3-8,10,17H2,1-2H3,(H,18,22)/t13-,14+/m1/s1. The minimum atomic E-state index is -0.398. The highest BCUT2D eigenvalue weighted by atomic mass is 16.5. The molecule has 0 saturated carbocycles. The maximum atomic E-state index is 12.4. The molecule has 0 spiro atoms. The van der Waals surface area contributed by atoms with Crippen molar-refractivity contribution in [3.8, 4) is 0 Å². The number of hydrogen-bond acceptors (Lipinski definition) is 5. The van der Waals surface area contributed by atoms with E-state index in [1.807, 2.05) is 17.7 Å². The molecule has 0 bridgehead atoms. The van der Waals surface area contributed by atoms with Gasteiger partial charge in [0.05, 0.1) is 17.8 Å². The molecule has 7 heteroatoms. The molecule has 2 aliphatic rings. The van der Waals surface area contributed by atoms with Crippen LogP contribution in [0.15, 0.2) is 6.07 Å². The number of carbonyl (C=O) groups excluding carboxylic acids is 1. The van der Waals surface area contributed by atoms with E-state index in [9.17, 15) is 4.79 Å². The van der Waals surface area contributed by atoms with Crippen molar-refractivity contribution in [2.45, 2.75) is 50.9 Å². The molecule has 0 aromatic carbocycles. The lowest BCUT2D eigenvalue weighted by atomic mass is 10.1. The molecule has 23 heavy (non-hydrogen) atoms. The number of nitrogens with one attached hydrogen (secondary N) is 1. The third-order valence-corrected chi connectivity index (χ3v) is 4.81. The summed E-state index contributed by atoms with van der Waals surface area (Å²) in [5.41, 5.74) is 6.53. The largest absolute Gasteiger partial charge is 0.364 e. The van der Waals surface area contributed by atoms with E-state index in [1.54, 1.807) is 0 Å². The fourth-order valence-corrected chi connectivity index (χ4v) is 3.41. The van der Waals surface area contributed by atoms with Crippen LogP contribution < -0.4 is 11.1 Å². The highest BCUT2D eigenvalue weighted by Crippen LogP contribution is 2.27. The van der Waals surface area contributed by atoms with Crippen LogP contribution in [-0.2, 0) is 9.53 Å². The highest BCUT2D eigenvalue weighted by molar-refractivity contribution is 5.93. The fourth-order valence-electron chi connectivity index (χ4n) is 3.41. The number of nitrogens with two attached hydrogens (primary N) is 1. The number of aryl methyl sites for hydroxylation is 1. The molecule has 0 aliphatic carbocycles. The van der Waals surface area contributed by atoms with Gasteiger partial charge in [-0.1, -0.05) is 0 Å². The van der Waals surface area contributed by atoms with Crippen LogP contribution in [0.1, 0.15) is 37.4 Å². The molecule has 3 N–H and O–H groups in total. The molecule has 7 nitrogen and oxygen atoms in total. The van der Waals surface area contributed by atoms with Gasteiger partial charge in [0.25, 0.3) is 5.91 Å². The van der Waals surface area contributed by atoms with Gasteiger partial charge < -0.3 is 20.7 Å². The molecule has 128 valence electrons. The molecule has 2 aliphatic heterocycles. The molecular formula is C16H27N5O2. The van der Waals surface area contributed by atoms with Crippen molar-refractivity contribution in [1.82, 2.24) is 14.7 Å². The highest BCUT2D eigenvalue weighted by Gasteiger charge is 2.31. The molecule has 2 fully saturated rings. The van der Waals surface area contributed by atoms with Crippen LogP contribution in [0.2, 0.25) is 0 Å². The predicted molar refractivity (Wildman–Crippen MR) is 88.3 cm³/mol. The van der Waals surface area contributed by atoms with Gasteiger partial charge in [0.15, 0.2) is 0 Å². The van der Waals surface area contributed by atoms with Crippen molar-refractivity contribution in [2.75, 3.05) is 32.0 Å². The Bertz CT molecular complexity index is 551. The summed E-state index contributed by atoms with van der Waals surface area (Å²) in [5.74, 6) is 0.692. The van der Waals surface area contributed by atoms with Gasteiger partial charge in [0.2, 0.25) is 0 Å². The first-order valence-corrected chi connectivity index (χ1v) is 8.48. The number of likely N-dealkylation sites (tertiary alicyclic amines) is 1. The van der Waals surface area contributed by atoms with Gasteiger partial charge in [-0.05, 0) is 52.7 Å². The molecule has 2 atom stereocenters. The third kappa shape index (κ3) is 3.73. The Morgan fingerprint density at radius 2 is 2.13 bits per heavy atom. The third-order valence-electron chi connectivity index (χ3n) is 4.81. The average Bonchev–Trinajstić information content (AvgIpc) is 3.15. The van der Waals surface area contributed by atoms with E-state index in [0.29, 0.717) is 12.6 Å². The summed E-state index contributed by atoms with van der Waals surface area (Å²) in [6.07, 6.45) is 3.29. The Hall–Kier alpha value is -1.44. The van der Waals surface area contributed by atoms with E-state index in [4.69, 9.17) is 10.5 Å². The number of ether oxygens (including phenoxy) is 1. The molecule has 3 heterocycles. The lowest BCUT2D eigenvalue weighted by Crippen LogP contribution is -2.34. The number of amides is 1. The van der Waals surface area contributed by atoms with E-state index in [2.05, 4.69) is 22.4 Å². The smallest absolute Gasteiger partial charge is 0.254 e. The summed E-state index contributed by atoms with van der Waals surface area (Å²) >= 11 is 0. The minimum Gasteiger partial charge on any atom is -0.364 e. The summed E-state index contributed by atoms with van der Waals surface area (Å²) in [7, 11) is 2.14. The Morgan fingerprint density at radius 1 is 1.39 bits per heavy atom. The van der Waals surface area contributed by atoms with Crippen LogP contribution in [0, 0.1) is 6.92 Å². The summed E-state index contributed by atoms with van der Waals surface area (Å²) in [6, 6.07) is 2.28. The van der Waals surface area contributed by atoms with E-state index >= 15 is 0 Å². The van der Waals surface area contributed by atoms with Crippen LogP contribution >= 0.6 is 0 Å². The molecule has 1 aromatic heterocycles. The van der Waals surface area contributed by atoms with Gasteiger partial charge in [0, 0.05) is 12.6 Å². The first kappa shape index (κ1) is 16.4. The number of anilines is 1.